The van der Waals surface area contributed by atoms with Crippen molar-refractivity contribution >= 4 is 46.0 Å². The lowest BCUT2D eigenvalue weighted by atomic mass is 9.68. The van der Waals surface area contributed by atoms with E-state index in [4.69, 9.17) is 4.74 Å². The quantitative estimate of drug-likeness (QED) is 0.221. The number of nitrogens with one attached hydrogen (secondary N) is 1. The number of ether oxygens (including phenoxy) is 1. The third kappa shape index (κ3) is 5.91. The van der Waals surface area contributed by atoms with Crippen LogP contribution in [0, 0.1) is 0 Å². The number of hydrogen-bond donors (Lipinski definition) is 2. The molecule has 1 heterocycles. The van der Waals surface area contributed by atoms with Crippen molar-refractivity contribution in [2.75, 3.05) is 17.8 Å². The van der Waals surface area contributed by atoms with Gasteiger partial charge >= 0.3 is 5.97 Å². The maximum atomic E-state index is 13.8. The summed E-state index contributed by atoms with van der Waals surface area (Å²) in [5.74, 6) is -0.185. The number of rotatable bonds is 9. The SMILES string of the molecule is COc1ccc(C2(C(=O)NC(Cc3ccc(N4C(=O)CSC4c4ccc5ccccc5c4)cc3)C(=O)O)CCCCC2)cc1. The summed E-state index contributed by atoms with van der Waals surface area (Å²) in [6.45, 7) is 0. The number of carboxylic acids is 1. The molecule has 1 aliphatic carbocycles. The van der Waals surface area contributed by atoms with E-state index in [2.05, 4.69) is 35.6 Å². The predicted octanol–water partition coefficient (Wildman–Crippen LogP) is 6.64. The lowest BCUT2D eigenvalue weighted by molar-refractivity contribution is -0.143. The number of hydrogen-bond acceptors (Lipinski definition) is 5. The fourth-order valence-electron chi connectivity index (χ4n) is 6.55. The fraction of sp³-hybridized carbons (Fsp3) is 0.306. The van der Waals surface area contributed by atoms with Gasteiger partial charge in [-0.25, -0.2) is 4.79 Å². The van der Waals surface area contributed by atoms with Crippen molar-refractivity contribution in [1.29, 1.82) is 0 Å². The topological polar surface area (TPSA) is 95.9 Å². The Morgan fingerprint density at radius 1 is 0.955 bits per heavy atom. The van der Waals surface area contributed by atoms with E-state index in [0.29, 0.717) is 24.3 Å². The highest BCUT2D eigenvalue weighted by Gasteiger charge is 2.42. The summed E-state index contributed by atoms with van der Waals surface area (Å²) in [7, 11) is 1.60. The number of benzene rings is 4. The fourth-order valence-corrected chi connectivity index (χ4v) is 7.72. The molecule has 2 unspecified atom stereocenters. The molecule has 1 saturated heterocycles. The minimum absolute atomic E-state index is 0.0351. The second-order valence-electron chi connectivity index (χ2n) is 11.6. The zero-order valence-corrected chi connectivity index (χ0v) is 25.5. The third-order valence-electron chi connectivity index (χ3n) is 8.97. The summed E-state index contributed by atoms with van der Waals surface area (Å²) < 4.78 is 5.30. The monoisotopic (exact) mass is 608 g/mol. The van der Waals surface area contributed by atoms with Gasteiger partial charge in [0.1, 0.15) is 17.2 Å². The number of aliphatic carboxylic acids is 1. The molecule has 6 rings (SSSR count). The number of nitrogens with zero attached hydrogens (tertiary/aromatic N) is 1. The molecule has 2 amide bonds. The standard InChI is InChI=1S/C36H36N2O5S/c1-43-30-17-13-28(14-18-30)36(19-5-2-6-20-36)35(42)37-31(34(40)41)21-24-9-15-29(16-10-24)38-32(39)23-44-33(38)27-12-11-25-7-3-4-8-26(25)22-27/h3-4,7-18,22,31,33H,2,5-6,19-21,23H2,1H3,(H,37,42)(H,40,41). The molecule has 44 heavy (non-hydrogen) atoms. The van der Waals surface area contributed by atoms with Gasteiger partial charge in [-0.05, 0) is 70.6 Å². The van der Waals surface area contributed by atoms with E-state index in [1.54, 1.807) is 18.9 Å². The molecule has 4 aromatic rings. The van der Waals surface area contributed by atoms with Gasteiger partial charge in [-0.15, -0.1) is 11.8 Å². The zero-order chi connectivity index (χ0) is 30.7. The Hall–Kier alpha value is -4.30. The number of thioether (sulfide) groups is 1. The van der Waals surface area contributed by atoms with Crippen LogP contribution in [0.5, 0.6) is 5.75 Å². The number of methoxy groups -OCH3 is 1. The van der Waals surface area contributed by atoms with E-state index in [9.17, 15) is 19.5 Å². The molecule has 0 radical (unpaired) electrons. The first-order valence-electron chi connectivity index (χ1n) is 15.1. The first kappa shape index (κ1) is 29.8. The number of amides is 2. The Morgan fingerprint density at radius 2 is 1.66 bits per heavy atom. The molecular weight excluding hydrogens is 572 g/mol. The Kier molecular flexibility index (Phi) is 8.62. The molecule has 2 fully saturated rings. The molecule has 4 aromatic carbocycles. The van der Waals surface area contributed by atoms with Crippen molar-refractivity contribution in [1.82, 2.24) is 5.32 Å². The van der Waals surface area contributed by atoms with E-state index in [0.717, 1.165) is 52.4 Å². The Balaban J connectivity index is 1.19. The Bertz CT molecular complexity index is 1660. The highest BCUT2D eigenvalue weighted by molar-refractivity contribution is 8.00. The molecule has 0 spiro atoms. The van der Waals surface area contributed by atoms with Crippen LogP contribution in [0.4, 0.5) is 5.69 Å². The van der Waals surface area contributed by atoms with Crippen molar-refractivity contribution in [3.8, 4) is 5.75 Å². The van der Waals surface area contributed by atoms with Gasteiger partial charge in [-0.3, -0.25) is 14.5 Å². The second-order valence-corrected chi connectivity index (χ2v) is 12.7. The predicted molar refractivity (Wildman–Crippen MR) is 174 cm³/mol. The highest BCUT2D eigenvalue weighted by Crippen LogP contribution is 2.43. The molecule has 2 atom stereocenters. The first-order chi connectivity index (χ1) is 21.4. The Morgan fingerprint density at radius 3 is 2.34 bits per heavy atom. The Labute approximate surface area is 261 Å². The van der Waals surface area contributed by atoms with Crippen molar-refractivity contribution in [3.63, 3.8) is 0 Å². The molecule has 8 heteroatoms. The highest BCUT2D eigenvalue weighted by atomic mass is 32.2. The molecule has 226 valence electrons. The van der Waals surface area contributed by atoms with E-state index >= 15 is 0 Å². The second kappa shape index (κ2) is 12.7. The molecular formula is C36H36N2O5S. The van der Waals surface area contributed by atoms with Gasteiger partial charge in [0.05, 0.1) is 18.3 Å². The summed E-state index contributed by atoms with van der Waals surface area (Å²) in [5, 5.41) is 15.1. The average molecular weight is 609 g/mol. The molecule has 2 aliphatic rings. The molecule has 1 saturated carbocycles. The van der Waals surface area contributed by atoms with Crippen molar-refractivity contribution in [2.24, 2.45) is 0 Å². The summed E-state index contributed by atoms with van der Waals surface area (Å²) >= 11 is 1.60. The van der Waals surface area contributed by atoms with Crippen LogP contribution < -0.4 is 15.0 Å². The van der Waals surface area contributed by atoms with Gasteiger partial charge < -0.3 is 15.2 Å². The van der Waals surface area contributed by atoms with Crippen molar-refractivity contribution in [2.45, 2.75) is 55.4 Å². The minimum atomic E-state index is -1.08. The summed E-state index contributed by atoms with van der Waals surface area (Å²) in [6, 6.07) is 28.4. The summed E-state index contributed by atoms with van der Waals surface area (Å²) in [4.78, 5) is 41.0. The first-order valence-corrected chi connectivity index (χ1v) is 16.1. The van der Waals surface area contributed by atoms with Gasteiger partial charge in [-0.2, -0.15) is 0 Å². The van der Waals surface area contributed by atoms with Crippen LogP contribution in [0.25, 0.3) is 10.8 Å². The summed E-state index contributed by atoms with van der Waals surface area (Å²) in [6.07, 6.45) is 4.36. The van der Waals surface area contributed by atoms with Crippen LogP contribution in [0.2, 0.25) is 0 Å². The van der Waals surface area contributed by atoms with Gasteiger partial charge in [0.25, 0.3) is 0 Å². The van der Waals surface area contributed by atoms with Gasteiger partial charge in [-0.1, -0.05) is 79.9 Å². The number of anilines is 1. The molecule has 0 aromatic heterocycles. The van der Waals surface area contributed by atoms with Crippen LogP contribution in [0.15, 0.2) is 91.0 Å². The third-order valence-corrected chi connectivity index (χ3v) is 10.2. The van der Waals surface area contributed by atoms with Crippen LogP contribution >= 0.6 is 11.8 Å². The van der Waals surface area contributed by atoms with E-state index in [1.807, 2.05) is 65.6 Å². The van der Waals surface area contributed by atoms with E-state index in [1.165, 1.54) is 0 Å². The van der Waals surface area contributed by atoms with Crippen LogP contribution in [-0.2, 0) is 26.2 Å². The van der Waals surface area contributed by atoms with E-state index in [-0.39, 0.29) is 23.6 Å². The molecule has 7 nitrogen and oxygen atoms in total. The van der Waals surface area contributed by atoms with Gasteiger partial charge in [0.15, 0.2) is 0 Å². The van der Waals surface area contributed by atoms with Crippen LogP contribution in [-0.4, -0.2) is 41.8 Å². The number of carboxylic acid groups (broad SMARTS) is 1. The minimum Gasteiger partial charge on any atom is -0.497 e. The number of carbonyl (C=O) groups excluding carboxylic acids is 2. The van der Waals surface area contributed by atoms with Gasteiger partial charge in [0.2, 0.25) is 11.8 Å². The average Bonchev–Trinajstić information content (AvgIpc) is 3.45. The maximum absolute atomic E-state index is 13.8. The lowest BCUT2D eigenvalue weighted by Crippen LogP contribution is -2.52. The summed E-state index contributed by atoms with van der Waals surface area (Å²) in [5.41, 5.74) is 2.71. The van der Waals surface area contributed by atoms with E-state index < -0.39 is 17.4 Å². The molecule has 0 bridgehead atoms. The lowest BCUT2D eigenvalue weighted by Gasteiger charge is -2.37. The van der Waals surface area contributed by atoms with Crippen molar-refractivity contribution in [3.05, 3.63) is 108 Å². The van der Waals surface area contributed by atoms with Gasteiger partial charge in [0, 0.05) is 12.1 Å². The van der Waals surface area contributed by atoms with Crippen LogP contribution in [0.3, 0.4) is 0 Å². The maximum Gasteiger partial charge on any atom is 0.326 e. The molecule has 1 aliphatic heterocycles. The van der Waals surface area contributed by atoms with Crippen molar-refractivity contribution < 1.29 is 24.2 Å². The molecule has 2 N–H and O–H groups in total. The normalized spacial score (nSPS) is 18.6. The zero-order valence-electron chi connectivity index (χ0n) is 24.7. The largest absolute Gasteiger partial charge is 0.497 e. The number of fused-ring (bicyclic) bond motifs is 1. The number of carbonyl (C=O) groups is 3. The van der Waals surface area contributed by atoms with Crippen LogP contribution in [0.1, 0.15) is 54.2 Å². The smallest absolute Gasteiger partial charge is 0.326 e.